The predicted octanol–water partition coefficient (Wildman–Crippen LogP) is 5.37. The van der Waals surface area contributed by atoms with Crippen LogP contribution >= 0.6 is 0 Å². The Labute approximate surface area is 184 Å². The maximum atomic E-state index is 11.1. The summed E-state index contributed by atoms with van der Waals surface area (Å²) in [6.45, 7) is 10.9. The van der Waals surface area contributed by atoms with Gasteiger partial charge in [0.25, 0.3) is 0 Å². The molecule has 0 bridgehead atoms. The fourth-order valence-corrected chi connectivity index (χ4v) is 10.6. The highest BCUT2D eigenvalue weighted by Crippen LogP contribution is 2.71. The third-order valence-corrected chi connectivity index (χ3v) is 12.1. The zero-order valence-corrected chi connectivity index (χ0v) is 19.8. The van der Waals surface area contributed by atoms with Crippen molar-refractivity contribution in [1.29, 1.82) is 0 Å². The van der Waals surface area contributed by atoms with Crippen LogP contribution < -0.4 is 5.32 Å². The molecule has 0 amide bonds. The summed E-state index contributed by atoms with van der Waals surface area (Å²) >= 11 is 0. The zero-order chi connectivity index (χ0) is 20.9. The maximum absolute atomic E-state index is 11.1. The van der Waals surface area contributed by atoms with Crippen molar-refractivity contribution in [2.24, 2.45) is 52.3 Å². The minimum atomic E-state index is -0.486. The lowest BCUT2D eigenvalue weighted by atomic mass is 9.44. The molecular formula is C27H45NO2. The Balaban J connectivity index is 1.28. The van der Waals surface area contributed by atoms with E-state index in [1.54, 1.807) is 0 Å². The molecule has 30 heavy (non-hydrogen) atoms. The molecule has 6 fully saturated rings. The fraction of sp³-hybridized carbons (Fsp3) is 1.00. The summed E-state index contributed by atoms with van der Waals surface area (Å²) in [5.74, 6) is 5.26. The summed E-state index contributed by atoms with van der Waals surface area (Å²) in [6, 6.07) is 0. The largest absolute Gasteiger partial charge is 0.389 e. The van der Waals surface area contributed by atoms with Crippen molar-refractivity contribution in [1.82, 2.24) is 5.32 Å². The van der Waals surface area contributed by atoms with Gasteiger partial charge in [0, 0.05) is 12.5 Å². The molecule has 2 heterocycles. The van der Waals surface area contributed by atoms with Crippen LogP contribution in [0.4, 0.5) is 0 Å². The smallest absolute Gasteiger partial charge is 0.148 e. The van der Waals surface area contributed by atoms with Crippen molar-refractivity contribution in [3.63, 3.8) is 0 Å². The van der Waals surface area contributed by atoms with Gasteiger partial charge in [-0.2, -0.15) is 0 Å². The Morgan fingerprint density at radius 3 is 2.53 bits per heavy atom. The van der Waals surface area contributed by atoms with E-state index in [4.69, 9.17) is 4.74 Å². The minimum Gasteiger partial charge on any atom is -0.389 e. The minimum absolute atomic E-state index is 0.348. The number of hydrogen-bond acceptors (Lipinski definition) is 3. The molecule has 0 radical (unpaired) electrons. The van der Waals surface area contributed by atoms with Gasteiger partial charge in [0.15, 0.2) is 0 Å². The van der Waals surface area contributed by atoms with Gasteiger partial charge >= 0.3 is 0 Å². The van der Waals surface area contributed by atoms with Gasteiger partial charge in [-0.25, -0.2) is 0 Å². The van der Waals surface area contributed by atoms with Crippen LogP contribution in [-0.4, -0.2) is 29.6 Å². The van der Waals surface area contributed by atoms with Crippen LogP contribution in [0.15, 0.2) is 0 Å². The monoisotopic (exact) mass is 415 g/mol. The van der Waals surface area contributed by atoms with Crippen LogP contribution in [-0.2, 0) is 4.74 Å². The van der Waals surface area contributed by atoms with Gasteiger partial charge < -0.3 is 9.84 Å². The first-order valence-electron chi connectivity index (χ1n) is 13.4. The highest BCUT2D eigenvalue weighted by atomic mass is 16.5. The van der Waals surface area contributed by atoms with E-state index in [1.165, 1.54) is 57.8 Å². The van der Waals surface area contributed by atoms with Gasteiger partial charge in [-0.3, -0.25) is 5.32 Å². The average molecular weight is 416 g/mol. The van der Waals surface area contributed by atoms with Crippen molar-refractivity contribution in [3.05, 3.63) is 0 Å². The molecule has 2 N–H and O–H groups in total. The molecule has 0 aromatic carbocycles. The first-order chi connectivity index (χ1) is 14.3. The van der Waals surface area contributed by atoms with E-state index in [0.29, 0.717) is 34.7 Å². The molecule has 170 valence electrons. The molecule has 6 rings (SSSR count). The number of aliphatic hydroxyl groups excluding tert-OH is 1. The predicted molar refractivity (Wildman–Crippen MR) is 120 cm³/mol. The Bertz CT molecular complexity index is 696. The normalized spacial score (nSPS) is 62.5. The molecule has 1 spiro atoms. The van der Waals surface area contributed by atoms with E-state index in [2.05, 4.69) is 33.0 Å². The van der Waals surface area contributed by atoms with Gasteiger partial charge in [0.2, 0.25) is 0 Å². The van der Waals surface area contributed by atoms with E-state index in [0.717, 1.165) is 36.6 Å². The van der Waals surface area contributed by atoms with E-state index >= 15 is 0 Å². The molecule has 3 nitrogen and oxygen atoms in total. The van der Waals surface area contributed by atoms with Crippen molar-refractivity contribution in [3.8, 4) is 0 Å². The second-order valence-electron chi connectivity index (χ2n) is 13.2. The van der Waals surface area contributed by atoms with Crippen LogP contribution in [0.5, 0.6) is 0 Å². The van der Waals surface area contributed by atoms with Crippen LogP contribution in [0.25, 0.3) is 0 Å². The summed E-state index contributed by atoms with van der Waals surface area (Å²) in [5.41, 5.74) is 0.530. The molecule has 4 aliphatic carbocycles. The quantitative estimate of drug-likeness (QED) is 0.559. The van der Waals surface area contributed by atoms with Gasteiger partial charge in [0.1, 0.15) is 5.72 Å². The van der Waals surface area contributed by atoms with Gasteiger partial charge in [-0.1, -0.05) is 40.5 Å². The number of piperidine rings is 1. The van der Waals surface area contributed by atoms with Crippen molar-refractivity contribution in [2.45, 2.75) is 110 Å². The molecule has 2 aliphatic heterocycles. The number of ether oxygens (including phenoxy) is 1. The maximum Gasteiger partial charge on any atom is 0.148 e. The second kappa shape index (κ2) is 6.70. The Hall–Kier alpha value is -0.120. The van der Waals surface area contributed by atoms with Crippen molar-refractivity contribution < 1.29 is 9.84 Å². The topological polar surface area (TPSA) is 41.5 Å². The molecule has 4 unspecified atom stereocenters. The number of aliphatic hydroxyl groups is 1. The lowest BCUT2D eigenvalue weighted by Crippen LogP contribution is -2.64. The molecule has 4 saturated carbocycles. The van der Waals surface area contributed by atoms with E-state index in [-0.39, 0.29) is 6.10 Å². The SMILES string of the molecule is CC1CNC2(O[C@H]3C[C@H]4[C@@H]5CCC6CCCC[C@]6(C)[C@H]5CC[C@]4(C)[C@H]3[C@H]2C)C(O)C1. The van der Waals surface area contributed by atoms with E-state index < -0.39 is 5.72 Å². The van der Waals surface area contributed by atoms with Crippen LogP contribution in [0.2, 0.25) is 0 Å². The second-order valence-corrected chi connectivity index (χ2v) is 13.2. The zero-order valence-electron chi connectivity index (χ0n) is 19.8. The van der Waals surface area contributed by atoms with Crippen molar-refractivity contribution >= 4 is 0 Å². The molecule has 3 heteroatoms. The Kier molecular flexibility index (Phi) is 4.58. The number of hydrogen-bond donors (Lipinski definition) is 2. The van der Waals surface area contributed by atoms with Crippen LogP contribution in [0.1, 0.15) is 91.9 Å². The fourth-order valence-electron chi connectivity index (χ4n) is 10.6. The van der Waals surface area contributed by atoms with Crippen molar-refractivity contribution in [2.75, 3.05) is 6.54 Å². The third-order valence-electron chi connectivity index (χ3n) is 12.1. The summed E-state index contributed by atoms with van der Waals surface area (Å²) < 4.78 is 6.89. The first kappa shape index (κ1) is 20.5. The van der Waals surface area contributed by atoms with Crippen LogP contribution in [0.3, 0.4) is 0 Å². The van der Waals surface area contributed by atoms with E-state index in [1.807, 2.05) is 0 Å². The number of rotatable bonds is 0. The molecule has 12 atom stereocenters. The molecule has 0 aromatic heterocycles. The van der Waals surface area contributed by atoms with Gasteiger partial charge in [0.05, 0.1) is 12.2 Å². The van der Waals surface area contributed by atoms with E-state index in [9.17, 15) is 5.11 Å². The standard InChI is InChI=1S/C27H45NO2/c1-16-13-23(29)27(28-15-16)17(2)24-22(30-27)14-21-19-9-8-18-7-5-6-11-25(18,3)20(19)10-12-26(21,24)4/h16-24,28-29H,5-15H2,1-4H3/t16?,17-,18?,19-,20+,21+,22+,23?,24+,25+,26+,27?/m1/s1. The highest BCUT2D eigenvalue weighted by molar-refractivity contribution is 5.17. The van der Waals surface area contributed by atoms with Gasteiger partial charge in [-0.15, -0.1) is 0 Å². The Morgan fingerprint density at radius 1 is 0.900 bits per heavy atom. The summed E-state index contributed by atoms with van der Waals surface area (Å²) in [6.07, 6.45) is 13.8. The molecule has 0 aromatic rings. The average Bonchev–Trinajstić information content (AvgIpc) is 3.16. The Morgan fingerprint density at radius 2 is 1.73 bits per heavy atom. The highest BCUT2D eigenvalue weighted by Gasteiger charge is 2.69. The first-order valence-corrected chi connectivity index (χ1v) is 13.4. The molecular weight excluding hydrogens is 370 g/mol. The number of fused-ring (bicyclic) bond motifs is 7. The summed E-state index contributed by atoms with van der Waals surface area (Å²) in [7, 11) is 0. The third kappa shape index (κ3) is 2.49. The molecule has 6 aliphatic rings. The summed E-state index contributed by atoms with van der Waals surface area (Å²) in [5, 5.41) is 14.8. The number of nitrogens with one attached hydrogen (secondary N) is 1. The van der Waals surface area contributed by atoms with Gasteiger partial charge in [-0.05, 0) is 97.7 Å². The van der Waals surface area contributed by atoms with Crippen LogP contribution in [0, 0.1) is 52.3 Å². The lowest BCUT2D eigenvalue weighted by molar-refractivity contribution is -0.179. The lowest BCUT2D eigenvalue weighted by Gasteiger charge is -2.61. The molecule has 2 saturated heterocycles. The summed E-state index contributed by atoms with van der Waals surface area (Å²) in [4.78, 5) is 0.